The van der Waals surface area contributed by atoms with Crippen LogP contribution in [0, 0.1) is 0 Å². The Morgan fingerprint density at radius 3 is 2.75 bits per heavy atom. The molecule has 6 heteroatoms. The van der Waals surface area contributed by atoms with Crippen LogP contribution in [0.2, 0.25) is 0 Å². The molecule has 0 saturated carbocycles. The highest BCUT2D eigenvalue weighted by Gasteiger charge is 2.24. The SMILES string of the molecule is O=C(CCn1cnc2ccccc2c1=O)NC[C@@H]1CCCN1c1ccccc1. The van der Waals surface area contributed by atoms with Crippen LogP contribution in [0.15, 0.2) is 65.7 Å². The van der Waals surface area contributed by atoms with Crippen LogP contribution >= 0.6 is 0 Å². The minimum Gasteiger partial charge on any atom is -0.367 e. The number of para-hydroxylation sites is 2. The quantitative estimate of drug-likeness (QED) is 0.718. The second-order valence-corrected chi connectivity index (χ2v) is 7.14. The van der Waals surface area contributed by atoms with Crippen molar-refractivity contribution in [2.24, 2.45) is 0 Å². The van der Waals surface area contributed by atoms with E-state index in [1.165, 1.54) is 16.6 Å². The van der Waals surface area contributed by atoms with Crippen LogP contribution in [-0.4, -0.2) is 34.6 Å². The molecule has 2 aromatic carbocycles. The van der Waals surface area contributed by atoms with E-state index >= 15 is 0 Å². The van der Waals surface area contributed by atoms with Crippen molar-refractivity contribution < 1.29 is 4.79 Å². The van der Waals surface area contributed by atoms with Crippen LogP contribution in [0.25, 0.3) is 10.9 Å². The largest absolute Gasteiger partial charge is 0.367 e. The van der Waals surface area contributed by atoms with Gasteiger partial charge in [-0.1, -0.05) is 30.3 Å². The first-order valence-electron chi connectivity index (χ1n) is 9.75. The molecule has 1 N–H and O–H groups in total. The number of carbonyl (C=O) groups is 1. The van der Waals surface area contributed by atoms with Gasteiger partial charge in [0.15, 0.2) is 0 Å². The lowest BCUT2D eigenvalue weighted by Crippen LogP contribution is -2.40. The fourth-order valence-corrected chi connectivity index (χ4v) is 3.81. The van der Waals surface area contributed by atoms with Crippen LogP contribution in [0.4, 0.5) is 5.69 Å². The summed E-state index contributed by atoms with van der Waals surface area (Å²) in [5.41, 5.74) is 1.77. The number of carbonyl (C=O) groups excluding carboxylic acids is 1. The number of hydrogen-bond donors (Lipinski definition) is 1. The lowest BCUT2D eigenvalue weighted by atomic mass is 10.2. The van der Waals surface area contributed by atoms with Gasteiger partial charge in [0.25, 0.3) is 5.56 Å². The number of nitrogens with one attached hydrogen (secondary N) is 1. The summed E-state index contributed by atoms with van der Waals surface area (Å²) >= 11 is 0. The molecule has 2 heterocycles. The average molecular weight is 376 g/mol. The predicted molar refractivity (Wildman–Crippen MR) is 110 cm³/mol. The van der Waals surface area contributed by atoms with E-state index in [0.717, 1.165) is 19.4 Å². The highest BCUT2D eigenvalue weighted by atomic mass is 16.1. The summed E-state index contributed by atoms with van der Waals surface area (Å²) in [6, 6.07) is 17.9. The molecule has 0 unspecified atom stereocenters. The molecule has 1 aliphatic heterocycles. The maximum atomic E-state index is 12.5. The molecule has 1 saturated heterocycles. The van der Waals surface area contributed by atoms with Crippen molar-refractivity contribution in [1.29, 1.82) is 0 Å². The minimum absolute atomic E-state index is 0.0417. The number of hydrogen-bond acceptors (Lipinski definition) is 4. The molecule has 1 amide bonds. The number of rotatable bonds is 6. The van der Waals surface area contributed by atoms with Crippen molar-refractivity contribution in [2.75, 3.05) is 18.0 Å². The Balaban J connectivity index is 1.33. The number of aryl methyl sites for hydroxylation is 1. The van der Waals surface area contributed by atoms with Gasteiger partial charge in [-0.25, -0.2) is 4.98 Å². The maximum Gasteiger partial charge on any atom is 0.261 e. The molecule has 4 rings (SSSR count). The van der Waals surface area contributed by atoms with Crippen LogP contribution in [0.3, 0.4) is 0 Å². The van der Waals surface area contributed by atoms with Gasteiger partial charge in [-0.3, -0.25) is 14.2 Å². The molecule has 144 valence electrons. The number of fused-ring (bicyclic) bond motifs is 1. The predicted octanol–water partition coefficient (Wildman–Crippen LogP) is 2.57. The van der Waals surface area contributed by atoms with Crippen molar-refractivity contribution >= 4 is 22.5 Å². The summed E-state index contributed by atoms with van der Waals surface area (Å²) in [6.07, 6.45) is 3.99. The van der Waals surface area contributed by atoms with Gasteiger partial charge in [0.1, 0.15) is 0 Å². The van der Waals surface area contributed by atoms with Gasteiger partial charge in [0.05, 0.1) is 17.2 Å². The van der Waals surface area contributed by atoms with E-state index in [1.807, 2.05) is 36.4 Å². The van der Waals surface area contributed by atoms with Gasteiger partial charge in [0, 0.05) is 37.8 Å². The van der Waals surface area contributed by atoms with Crippen LogP contribution in [-0.2, 0) is 11.3 Å². The molecule has 1 atom stereocenters. The van der Waals surface area contributed by atoms with Crippen molar-refractivity contribution in [3.63, 3.8) is 0 Å². The van der Waals surface area contributed by atoms with E-state index in [9.17, 15) is 9.59 Å². The monoisotopic (exact) mass is 376 g/mol. The zero-order valence-corrected chi connectivity index (χ0v) is 15.8. The summed E-state index contributed by atoms with van der Waals surface area (Å²) in [5, 5.41) is 3.61. The molecule has 3 aromatic rings. The van der Waals surface area contributed by atoms with Gasteiger partial charge in [0.2, 0.25) is 5.91 Å². The van der Waals surface area contributed by atoms with E-state index in [0.29, 0.717) is 30.0 Å². The lowest BCUT2D eigenvalue weighted by Gasteiger charge is -2.27. The Labute approximate surface area is 163 Å². The third kappa shape index (κ3) is 3.91. The van der Waals surface area contributed by atoms with Gasteiger partial charge >= 0.3 is 0 Å². The van der Waals surface area contributed by atoms with Crippen molar-refractivity contribution in [3.8, 4) is 0 Å². The Morgan fingerprint density at radius 1 is 1.11 bits per heavy atom. The fourth-order valence-electron chi connectivity index (χ4n) is 3.81. The van der Waals surface area contributed by atoms with Gasteiger partial charge in [-0.2, -0.15) is 0 Å². The van der Waals surface area contributed by atoms with E-state index in [2.05, 4.69) is 27.3 Å². The van der Waals surface area contributed by atoms with E-state index in [4.69, 9.17) is 0 Å². The Morgan fingerprint density at radius 2 is 1.89 bits per heavy atom. The second kappa shape index (κ2) is 8.25. The Hall–Kier alpha value is -3.15. The maximum absolute atomic E-state index is 12.5. The first-order chi connectivity index (χ1) is 13.7. The zero-order chi connectivity index (χ0) is 19.3. The van der Waals surface area contributed by atoms with Gasteiger partial charge in [-0.05, 0) is 37.1 Å². The molecule has 1 fully saturated rings. The van der Waals surface area contributed by atoms with Gasteiger partial charge in [-0.15, -0.1) is 0 Å². The van der Waals surface area contributed by atoms with E-state index in [-0.39, 0.29) is 17.9 Å². The lowest BCUT2D eigenvalue weighted by molar-refractivity contribution is -0.121. The summed E-state index contributed by atoms with van der Waals surface area (Å²) in [5.74, 6) is -0.0417. The average Bonchev–Trinajstić information content (AvgIpc) is 3.21. The molecule has 28 heavy (non-hydrogen) atoms. The molecule has 1 aromatic heterocycles. The molecule has 0 aliphatic carbocycles. The Kier molecular flexibility index (Phi) is 5.37. The highest BCUT2D eigenvalue weighted by molar-refractivity contribution is 5.77. The van der Waals surface area contributed by atoms with E-state index < -0.39 is 0 Å². The van der Waals surface area contributed by atoms with E-state index in [1.54, 1.807) is 6.07 Å². The van der Waals surface area contributed by atoms with Crippen LogP contribution in [0.5, 0.6) is 0 Å². The normalized spacial score (nSPS) is 16.4. The smallest absolute Gasteiger partial charge is 0.261 e. The topological polar surface area (TPSA) is 67.2 Å². The fraction of sp³-hybridized carbons (Fsp3) is 0.318. The zero-order valence-electron chi connectivity index (χ0n) is 15.8. The summed E-state index contributed by atoms with van der Waals surface area (Å²) in [4.78, 5) is 31.5. The molecule has 0 radical (unpaired) electrons. The first-order valence-corrected chi connectivity index (χ1v) is 9.75. The number of nitrogens with zero attached hydrogens (tertiary/aromatic N) is 3. The van der Waals surface area contributed by atoms with Crippen molar-refractivity contribution in [1.82, 2.24) is 14.9 Å². The third-order valence-corrected chi connectivity index (χ3v) is 5.31. The summed E-state index contributed by atoms with van der Waals surface area (Å²) < 4.78 is 1.51. The number of benzene rings is 2. The number of amides is 1. The first kappa shape index (κ1) is 18.2. The molecule has 0 bridgehead atoms. The minimum atomic E-state index is -0.107. The molecular formula is C22H24N4O2. The standard InChI is InChI=1S/C22H24N4O2/c27-21(12-14-25-16-24-20-11-5-4-10-19(20)22(25)28)23-15-18-9-6-13-26(18)17-7-2-1-3-8-17/h1-5,7-8,10-11,16,18H,6,9,12-15H2,(H,23,27)/t18-/m0/s1. The van der Waals surface area contributed by atoms with Crippen LogP contribution in [0.1, 0.15) is 19.3 Å². The molecule has 1 aliphatic rings. The van der Waals surface area contributed by atoms with Crippen LogP contribution < -0.4 is 15.8 Å². The molecular weight excluding hydrogens is 352 g/mol. The number of aromatic nitrogens is 2. The second-order valence-electron chi connectivity index (χ2n) is 7.14. The summed E-state index contributed by atoms with van der Waals surface area (Å²) in [7, 11) is 0. The third-order valence-electron chi connectivity index (χ3n) is 5.31. The van der Waals surface area contributed by atoms with Crippen molar-refractivity contribution in [3.05, 3.63) is 71.3 Å². The van der Waals surface area contributed by atoms with Gasteiger partial charge < -0.3 is 10.2 Å². The summed E-state index contributed by atoms with van der Waals surface area (Å²) in [6.45, 7) is 1.97. The Bertz CT molecular complexity index is 1020. The number of anilines is 1. The molecule has 0 spiro atoms. The highest BCUT2D eigenvalue weighted by Crippen LogP contribution is 2.24. The van der Waals surface area contributed by atoms with Crippen molar-refractivity contribution in [2.45, 2.75) is 31.8 Å². The molecule has 6 nitrogen and oxygen atoms in total.